The van der Waals surface area contributed by atoms with E-state index in [0.29, 0.717) is 0 Å². The van der Waals surface area contributed by atoms with E-state index >= 15 is 0 Å². The number of hydrogen-bond donors (Lipinski definition) is 0. The van der Waals surface area contributed by atoms with Crippen molar-refractivity contribution in [2.75, 3.05) is 18.0 Å². The SMILES string of the molecule is [CH2-]CC(C)CCc1ccc(N(CC)CC)cc1.[Li+]. The second kappa shape index (κ2) is 9.53. The molecular formula is C16H26LiN. The molecule has 0 radical (unpaired) electrons. The van der Waals surface area contributed by atoms with Crippen LogP contribution in [-0.2, 0) is 6.42 Å². The quantitative estimate of drug-likeness (QED) is 0.512. The van der Waals surface area contributed by atoms with E-state index in [0.717, 1.165) is 25.4 Å². The third-order valence-electron chi connectivity index (χ3n) is 3.48. The maximum Gasteiger partial charge on any atom is 1.00 e. The molecule has 1 rings (SSSR count). The van der Waals surface area contributed by atoms with Gasteiger partial charge in [-0.3, -0.25) is 0 Å². The van der Waals surface area contributed by atoms with Crippen LogP contribution in [-0.4, -0.2) is 13.1 Å². The van der Waals surface area contributed by atoms with Gasteiger partial charge in [-0.2, -0.15) is 6.42 Å². The third-order valence-corrected chi connectivity index (χ3v) is 3.48. The molecule has 0 spiro atoms. The summed E-state index contributed by atoms with van der Waals surface area (Å²) in [7, 11) is 0. The molecule has 1 unspecified atom stereocenters. The van der Waals surface area contributed by atoms with E-state index in [2.05, 4.69) is 56.9 Å². The minimum atomic E-state index is 0. The third kappa shape index (κ3) is 5.51. The van der Waals surface area contributed by atoms with Crippen molar-refractivity contribution in [1.29, 1.82) is 0 Å². The molecule has 0 fully saturated rings. The molecule has 0 heterocycles. The average Bonchev–Trinajstić information content (AvgIpc) is 2.38. The molecule has 1 aromatic rings. The van der Waals surface area contributed by atoms with E-state index in [-0.39, 0.29) is 18.9 Å². The molecule has 2 heteroatoms. The standard InChI is InChI=1S/C16H26N.Li/c1-5-14(4)8-9-15-10-12-16(13-11-15)17(6-2)7-3;/h10-14H,1,5-9H2,2-4H3;/q-1;+1. The van der Waals surface area contributed by atoms with Gasteiger partial charge in [0.1, 0.15) is 0 Å². The molecule has 18 heavy (non-hydrogen) atoms. The van der Waals surface area contributed by atoms with Crippen LogP contribution in [0.25, 0.3) is 0 Å². The first-order valence-electron chi connectivity index (χ1n) is 6.84. The molecule has 0 aliphatic carbocycles. The Hall–Kier alpha value is -0.383. The van der Waals surface area contributed by atoms with Crippen molar-refractivity contribution in [3.05, 3.63) is 36.8 Å². The Kier molecular flexibility index (Phi) is 9.33. The Balaban J connectivity index is 0.00000289. The Labute approximate surface area is 125 Å². The van der Waals surface area contributed by atoms with E-state index in [4.69, 9.17) is 0 Å². The fourth-order valence-electron chi connectivity index (χ4n) is 2.02. The zero-order valence-corrected chi connectivity index (χ0v) is 12.6. The minimum Gasteiger partial charge on any atom is -0.372 e. The van der Waals surface area contributed by atoms with Crippen molar-refractivity contribution in [3.63, 3.8) is 0 Å². The summed E-state index contributed by atoms with van der Waals surface area (Å²) >= 11 is 0. The van der Waals surface area contributed by atoms with Gasteiger partial charge < -0.3 is 11.8 Å². The summed E-state index contributed by atoms with van der Waals surface area (Å²) in [5, 5.41) is 0. The fraction of sp³-hybridized carbons (Fsp3) is 0.562. The first kappa shape index (κ1) is 17.6. The Bertz CT molecular complexity index is 303. The molecule has 0 aliphatic heterocycles. The van der Waals surface area contributed by atoms with Crippen molar-refractivity contribution < 1.29 is 18.9 Å². The monoisotopic (exact) mass is 239 g/mol. The zero-order chi connectivity index (χ0) is 12.7. The van der Waals surface area contributed by atoms with Crippen LogP contribution in [0.15, 0.2) is 24.3 Å². The van der Waals surface area contributed by atoms with E-state index in [9.17, 15) is 0 Å². The largest absolute Gasteiger partial charge is 1.00 e. The Morgan fingerprint density at radius 1 is 1.11 bits per heavy atom. The first-order chi connectivity index (χ1) is 8.21. The number of nitrogens with zero attached hydrogens (tertiary/aromatic N) is 1. The van der Waals surface area contributed by atoms with Gasteiger partial charge in [-0.05, 0) is 44.4 Å². The molecule has 0 saturated heterocycles. The van der Waals surface area contributed by atoms with Crippen molar-refractivity contribution in [2.45, 2.75) is 40.0 Å². The predicted octanol–water partition coefficient (Wildman–Crippen LogP) is 1.33. The fourth-order valence-corrected chi connectivity index (χ4v) is 2.02. The van der Waals surface area contributed by atoms with Crippen LogP contribution in [0.4, 0.5) is 5.69 Å². The smallest absolute Gasteiger partial charge is 0.372 e. The van der Waals surface area contributed by atoms with Crippen LogP contribution in [0.2, 0.25) is 0 Å². The van der Waals surface area contributed by atoms with Gasteiger partial charge in [0.2, 0.25) is 0 Å². The van der Waals surface area contributed by atoms with Gasteiger partial charge in [-0.1, -0.05) is 25.0 Å². The van der Waals surface area contributed by atoms with Gasteiger partial charge in [-0.25, -0.2) is 0 Å². The molecular weight excluding hydrogens is 213 g/mol. The maximum atomic E-state index is 3.95. The molecule has 0 saturated carbocycles. The van der Waals surface area contributed by atoms with Crippen LogP contribution < -0.4 is 23.8 Å². The molecule has 0 amide bonds. The van der Waals surface area contributed by atoms with Gasteiger partial charge in [-0.15, -0.1) is 0 Å². The second-order valence-electron chi connectivity index (χ2n) is 4.77. The number of aryl methyl sites for hydroxylation is 1. The second-order valence-corrected chi connectivity index (χ2v) is 4.77. The van der Waals surface area contributed by atoms with Gasteiger partial charge in [0, 0.05) is 18.8 Å². The molecule has 96 valence electrons. The molecule has 1 nitrogen and oxygen atoms in total. The first-order valence-corrected chi connectivity index (χ1v) is 6.84. The van der Waals surface area contributed by atoms with Crippen LogP contribution in [0.5, 0.6) is 0 Å². The predicted molar refractivity (Wildman–Crippen MR) is 77.5 cm³/mol. The van der Waals surface area contributed by atoms with Gasteiger partial charge in [0.25, 0.3) is 0 Å². The summed E-state index contributed by atoms with van der Waals surface area (Å²) in [6.45, 7) is 12.8. The summed E-state index contributed by atoms with van der Waals surface area (Å²) in [6.07, 6.45) is 3.46. The van der Waals surface area contributed by atoms with Crippen LogP contribution in [0.3, 0.4) is 0 Å². The average molecular weight is 239 g/mol. The van der Waals surface area contributed by atoms with E-state index in [1.54, 1.807) is 0 Å². The van der Waals surface area contributed by atoms with Crippen molar-refractivity contribution in [1.82, 2.24) is 0 Å². The number of benzene rings is 1. The van der Waals surface area contributed by atoms with E-state index in [1.165, 1.54) is 24.1 Å². The van der Waals surface area contributed by atoms with E-state index < -0.39 is 0 Å². The topological polar surface area (TPSA) is 3.24 Å². The van der Waals surface area contributed by atoms with Gasteiger partial charge >= 0.3 is 18.9 Å². The van der Waals surface area contributed by atoms with Crippen molar-refractivity contribution in [3.8, 4) is 0 Å². The van der Waals surface area contributed by atoms with Crippen LogP contribution in [0.1, 0.15) is 39.2 Å². The number of hydrogen-bond acceptors (Lipinski definition) is 1. The Morgan fingerprint density at radius 2 is 1.67 bits per heavy atom. The summed E-state index contributed by atoms with van der Waals surface area (Å²) in [5.41, 5.74) is 2.78. The van der Waals surface area contributed by atoms with Gasteiger partial charge in [0.05, 0.1) is 0 Å². The summed E-state index contributed by atoms with van der Waals surface area (Å²) in [6, 6.07) is 9.03. The molecule has 0 aliphatic rings. The minimum absolute atomic E-state index is 0. The normalized spacial score (nSPS) is 11.8. The Morgan fingerprint density at radius 3 is 2.11 bits per heavy atom. The van der Waals surface area contributed by atoms with Gasteiger partial charge in [0.15, 0.2) is 0 Å². The van der Waals surface area contributed by atoms with Crippen molar-refractivity contribution in [2.24, 2.45) is 5.92 Å². The van der Waals surface area contributed by atoms with E-state index in [1.807, 2.05) is 0 Å². The zero-order valence-electron chi connectivity index (χ0n) is 12.6. The van der Waals surface area contributed by atoms with Crippen molar-refractivity contribution >= 4 is 5.69 Å². The summed E-state index contributed by atoms with van der Waals surface area (Å²) in [4.78, 5) is 2.38. The van der Waals surface area contributed by atoms with Crippen LogP contribution in [0, 0.1) is 12.8 Å². The summed E-state index contributed by atoms with van der Waals surface area (Å²) in [5.74, 6) is 0.734. The summed E-state index contributed by atoms with van der Waals surface area (Å²) < 4.78 is 0. The molecule has 0 N–H and O–H groups in total. The molecule has 0 bridgehead atoms. The molecule has 0 aromatic heterocycles. The van der Waals surface area contributed by atoms with Crippen LogP contribution >= 0.6 is 0 Å². The number of anilines is 1. The molecule has 1 aromatic carbocycles. The molecule has 1 atom stereocenters. The number of rotatable bonds is 7. The maximum absolute atomic E-state index is 3.95.